The van der Waals surface area contributed by atoms with Crippen LogP contribution in [0, 0.1) is 18.8 Å². The fraction of sp³-hybridized carbons (Fsp3) is 0.750. The van der Waals surface area contributed by atoms with E-state index in [-0.39, 0.29) is 24.7 Å². The van der Waals surface area contributed by atoms with Crippen LogP contribution in [0.4, 0.5) is 19.0 Å². The van der Waals surface area contributed by atoms with E-state index in [4.69, 9.17) is 4.74 Å². The largest absolute Gasteiger partial charge is 0.459 e. The molecular weight excluding hydrogens is 401 g/mol. The summed E-state index contributed by atoms with van der Waals surface area (Å²) in [6.07, 6.45) is -3.03. The van der Waals surface area contributed by atoms with E-state index in [0.29, 0.717) is 31.0 Å². The number of amides is 1. The molecule has 0 bridgehead atoms. The molecule has 2 saturated heterocycles. The van der Waals surface area contributed by atoms with E-state index in [1.165, 1.54) is 0 Å². The highest BCUT2D eigenvalue weighted by Gasteiger charge is 2.50. The van der Waals surface area contributed by atoms with Crippen LogP contribution < -0.4 is 5.32 Å². The number of nitrogens with zero attached hydrogens (tertiary/aromatic N) is 3. The molecule has 4 rings (SSSR count). The number of hydrogen-bond acceptors (Lipinski definition) is 5. The van der Waals surface area contributed by atoms with Gasteiger partial charge in [-0.05, 0) is 46.0 Å². The van der Waals surface area contributed by atoms with E-state index in [1.54, 1.807) is 31.7 Å². The fourth-order valence-electron chi connectivity index (χ4n) is 5.00. The van der Waals surface area contributed by atoms with Gasteiger partial charge in [-0.25, -0.2) is 4.68 Å². The lowest BCUT2D eigenvalue weighted by atomic mass is 9.84. The molecule has 0 aromatic carbocycles. The predicted molar refractivity (Wildman–Crippen MR) is 102 cm³/mol. The minimum Gasteiger partial charge on any atom is -0.459 e. The van der Waals surface area contributed by atoms with Crippen molar-refractivity contribution in [1.29, 1.82) is 0 Å². The Bertz CT molecular complexity index is 851. The van der Waals surface area contributed by atoms with Crippen LogP contribution in [0.25, 0.3) is 0 Å². The first kappa shape index (κ1) is 21.0. The van der Waals surface area contributed by atoms with Gasteiger partial charge in [0.2, 0.25) is 5.91 Å². The van der Waals surface area contributed by atoms with E-state index >= 15 is 0 Å². The zero-order chi connectivity index (χ0) is 21.8. The van der Waals surface area contributed by atoms with E-state index < -0.39 is 35.7 Å². The fourth-order valence-corrected chi connectivity index (χ4v) is 5.00. The summed E-state index contributed by atoms with van der Waals surface area (Å²) in [7, 11) is 0. The smallest absolute Gasteiger partial charge is 0.410 e. The monoisotopic (exact) mass is 428 g/mol. The molecule has 1 aromatic heterocycles. The number of aromatic nitrogens is 2. The van der Waals surface area contributed by atoms with Gasteiger partial charge in [-0.1, -0.05) is 0 Å². The summed E-state index contributed by atoms with van der Waals surface area (Å²) in [5, 5.41) is 7.25. The van der Waals surface area contributed by atoms with E-state index in [1.807, 2.05) is 0 Å². The van der Waals surface area contributed by atoms with Gasteiger partial charge >= 0.3 is 12.1 Å². The number of aryl methyl sites for hydroxylation is 1. The average Bonchev–Trinajstić information content (AvgIpc) is 3.16. The Morgan fingerprint density at radius 1 is 1.37 bits per heavy atom. The Labute approximate surface area is 172 Å². The summed E-state index contributed by atoms with van der Waals surface area (Å²) >= 11 is 0. The van der Waals surface area contributed by atoms with Crippen LogP contribution in [0.2, 0.25) is 0 Å². The minimum atomic E-state index is -4.40. The lowest BCUT2D eigenvalue weighted by Gasteiger charge is -2.42. The molecule has 1 amide bonds. The first-order valence-corrected chi connectivity index (χ1v) is 10.4. The predicted octanol–water partition coefficient (Wildman–Crippen LogP) is 3.06. The molecule has 0 saturated carbocycles. The molecule has 166 valence electrons. The molecule has 7 nitrogen and oxygen atoms in total. The Balaban J connectivity index is 1.51. The molecule has 10 heteroatoms. The second-order valence-electron chi connectivity index (χ2n) is 9.18. The van der Waals surface area contributed by atoms with Gasteiger partial charge in [0, 0.05) is 25.2 Å². The third-order valence-electron chi connectivity index (χ3n) is 6.56. The molecule has 3 aliphatic heterocycles. The first-order chi connectivity index (χ1) is 14.0. The average molecular weight is 428 g/mol. The molecule has 4 atom stereocenters. The number of carbonyl (C=O) groups excluding carboxylic acids is 2. The molecule has 0 radical (unpaired) electrons. The van der Waals surface area contributed by atoms with E-state index in [2.05, 4.69) is 10.4 Å². The summed E-state index contributed by atoms with van der Waals surface area (Å²) in [5.41, 5.74) is -0.337. The van der Waals surface area contributed by atoms with Crippen molar-refractivity contribution in [2.45, 2.75) is 70.3 Å². The first-order valence-electron chi connectivity index (χ1n) is 10.4. The van der Waals surface area contributed by atoms with Crippen molar-refractivity contribution in [2.75, 3.05) is 18.4 Å². The Kier molecular flexibility index (Phi) is 5.01. The van der Waals surface area contributed by atoms with Crippen molar-refractivity contribution in [3.63, 3.8) is 0 Å². The van der Waals surface area contributed by atoms with Gasteiger partial charge in [0.15, 0.2) is 6.04 Å². The van der Waals surface area contributed by atoms with Gasteiger partial charge in [-0.3, -0.25) is 9.59 Å². The number of fused-ring (bicyclic) bond motifs is 1. The summed E-state index contributed by atoms with van der Waals surface area (Å²) in [4.78, 5) is 26.5. The molecule has 4 heterocycles. The molecule has 0 aliphatic carbocycles. The summed E-state index contributed by atoms with van der Waals surface area (Å²) in [6.45, 7) is 6.03. The van der Waals surface area contributed by atoms with Crippen LogP contribution in [0.3, 0.4) is 0 Å². The van der Waals surface area contributed by atoms with Crippen LogP contribution in [0.5, 0.6) is 0 Å². The molecule has 3 aliphatic rings. The lowest BCUT2D eigenvalue weighted by Crippen LogP contribution is -2.51. The number of likely N-dealkylation sites (tertiary alicyclic amines) is 1. The van der Waals surface area contributed by atoms with Crippen LogP contribution in [-0.4, -0.2) is 57.5 Å². The van der Waals surface area contributed by atoms with Crippen molar-refractivity contribution >= 4 is 17.7 Å². The lowest BCUT2D eigenvalue weighted by molar-refractivity contribution is -0.175. The number of nitrogens with one attached hydrogen (secondary N) is 1. The number of alkyl halides is 3. The highest BCUT2D eigenvalue weighted by Crippen LogP contribution is 2.42. The number of esters is 1. The minimum absolute atomic E-state index is 0.0449. The van der Waals surface area contributed by atoms with Crippen molar-refractivity contribution in [1.82, 2.24) is 14.7 Å². The van der Waals surface area contributed by atoms with Gasteiger partial charge in [0.05, 0.1) is 18.0 Å². The topological polar surface area (TPSA) is 76.5 Å². The van der Waals surface area contributed by atoms with E-state index in [9.17, 15) is 22.8 Å². The maximum absolute atomic E-state index is 13.7. The zero-order valence-electron chi connectivity index (χ0n) is 17.3. The zero-order valence-corrected chi connectivity index (χ0v) is 17.3. The summed E-state index contributed by atoms with van der Waals surface area (Å²) < 4.78 is 47.4. The van der Waals surface area contributed by atoms with Gasteiger partial charge in [0.1, 0.15) is 11.4 Å². The normalized spacial score (nSPS) is 31.1. The Morgan fingerprint density at radius 3 is 2.73 bits per heavy atom. The van der Waals surface area contributed by atoms with Gasteiger partial charge in [-0.15, -0.1) is 0 Å². The highest BCUT2D eigenvalue weighted by molar-refractivity contribution is 5.87. The van der Waals surface area contributed by atoms with Crippen LogP contribution >= 0.6 is 0 Å². The van der Waals surface area contributed by atoms with Crippen molar-refractivity contribution < 1.29 is 27.5 Å². The van der Waals surface area contributed by atoms with Crippen LogP contribution in [0.15, 0.2) is 6.07 Å². The van der Waals surface area contributed by atoms with Gasteiger partial charge in [0.25, 0.3) is 0 Å². The molecule has 1 aromatic rings. The quantitative estimate of drug-likeness (QED) is 0.733. The molecule has 1 N–H and O–H groups in total. The van der Waals surface area contributed by atoms with Gasteiger partial charge in [-0.2, -0.15) is 18.3 Å². The number of cyclic esters (lactones) is 1. The highest BCUT2D eigenvalue weighted by atomic mass is 19.4. The number of ether oxygens (including phenoxy) is 1. The number of anilines is 1. The van der Waals surface area contributed by atoms with Crippen molar-refractivity contribution in [3.05, 3.63) is 11.8 Å². The second kappa shape index (κ2) is 7.16. The Morgan fingerprint density at radius 2 is 2.10 bits per heavy atom. The van der Waals surface area contributed by atoms with E-state index in [0.717, 1.165) is 11.1 Å². The maximum atomic E-state index is 13.7. The number of carbonyl (C=O) groups is 2. The number of rotatable bonds is 2. The Hall–Kier alpha value is -2.26. The van der Waals surface area contributed by atoms with Crippen molar-refractivity contribution in [2.24, 2.45) is 11.8 Å². The molecule has 2 fully saturated rings. The number of halogens is 3. The number of piperidine rings is 1. The number of hydrogen-bond donors (Lipinski definition) is 1. The maximum Gasteiger partial charge on any atom is 0.410 e. The SMILES string of the molecule is Cc1cc2n(n1)[C@@H](C(F)(F)F)C[C@@H]([C@H]1CCCN(C(=O)[C@H]3CC(=O)OC3(C)C)C1)N2. The van der Waals surface area contributed by atoms with Crippen molar-refractivity contribution in [3.8, 4) is 0 Å². The third-order valence-corrected chi connectivity index (χ3v) is 6.56. The van der Waals surface area contributed by atoms with Crippen LogP contribution in [-0.2, 0) is 14.3 Å². The molecular formula is C20H27F3N4O3. The molecule has 30 heavy (non-hydrogen) atoms. The van der Waals surface area contributed by atoms with Crippen LogP contribution in [0.1, 0.15) is 51.3 Å². The second-order valence-corrected chi connectivity index (χ2v) is 9.18. The third kappa shape index (κ3) is 3.76. The molecule has 0 unspecified atom stereocenters. The van der Waals surface area contributed by atoms with Gasteiger partial charge < -0.3 is 15.0 Å². The summed E-state index contributed by atoms with van der Waals surface area (Å²) in [5.74, 6) is -0.852. The standard InChI is InChI=1S/C20H27F3N4O3/c1-11-7-16-24-14(9-15(20(21,22)23)27(16)25-11)12-5-4-6-26(10-12)18(29)13-8-17(28)30-19(13,2)3/h7,12-15,24H,4-6,8-10H2,1-3H3/t12-,13+,14-,15+/m0/s1. The molecule has 0 spiro atoms. The summed E-state index contributed by atoms with van der Waals surface area (Å²) in [6, 6.07) is -0.468.